The van der Waals surface area contributed by atoms with Gasteiger partial charge in [-0.3, -0.25) is 4.98 Å². The van der Waals surface area contributed by atoms with Crippen LogP contribution in [0.3, 0.4) is 0 Å². The zero-order valence-electron chi connectivity index (χ0n) is 15.9. The Morgan fingerprint density at radius 1 is 1.03 bits per heavy atom. The first kappa shape index (κ1) is 18.7. The normalized spacial score (nSPS) is 20.2. The molecule has 2 N–H and O–H groups in total. The molecule has 2 heterocycles. The SMILES string of the molecule is O=C(Nc1cc(C(F)(F)F)ccc1N1CC2CC2C1)Nc1cccc2cnccc12. The summed E-state index contributed by atoms with van der Waals surface area (Å²) in [6, 6.07) is 10.1. The van der Waals surface area contributed by atoms with E-state index in [0.29, 0.717) is 23.2 Å². The number of aromatic nitrogens is 1. The van der Waals surface area contributed by atoms with Crippen LogP contribution in [0.4, 0.5) is 35.0 Å². The number of amides is 2. The van der Waals surface area contributed by atoms with Gasteiger partial charge < -0.3 is 15.5 Å². The van der Waals surface area contributed by atoms with Gasteiger partial charge in [-0.15, -0.1) is 0 Å². The van der Waals surface area contributed by atoms with Gasteiger partial charge in [0.25, 0.3) is 0 Å². The highest BCUT2D eigenvalue weighted by Gasteiger charge is 2.45. The minimum atomic E-state index is -4.48. The number of hydrogen-bond acceptors (Lipinski definition) is 3. The zero-order valence-corrected chi connectivity index (χ0v) is 15.9. The third-order valence-electron chi connectivity index (χ3n) is 5.82. The fraction of sp³-hybridized carbons (Fsp3) is 0.273. The molecule has 2 fully saturated rings. The molecule has 1 aliphatic carbocycles. The molecule has 2 amide bonds. The lowest BCUT2D eigenvalue weighted by Gasteiger charge is -2.24. The molecule has 1 aromatic heterocycles. The van der Waals surface area contributed by atoms with E-state index in [9.17, 15) is 18.0 Å². The van der Waals surface area contributed by atoms with Gasteiger partial charge in [0.05, 0.1) is 22.6 Å². The summed E-state index contributed by atoms with van der Waals surface area (Å²) in [6.07, 6.45) is -0.00539. The Morgan fingerprint density at radius 2 is 1.80 bits per heavy atom. The monoisotopic (exact) mass is 412 g/mol. The molecule has 1 aliphatic heterocycles. The molecule has 3 aromatic rings. The summed E-state index contributed by atoms with van der Waals surface area (Å²) in [4.78, 5) is 18.8. The van der Waals surface area contributed by atoms with Crippen LogP contribution in [0.5, 0.6) is 0 Å². The summed E-state index contributed by atoms with van der Waals surface area (Å²) in [6.45, 7) is 1.62. The highest BCUT2D eigenvalue weighted by molar-refractivity contribution is 6.07. The molecule has 1 saturated heterocycles. The van der Waals surface area contributed by atoms with Crippen molar-refractivity contribution in [3.8, 4) is 0 Å². The highest BCUT2D eigenvalue weighted by Crippen LogP contribution is 2.48. The van der Waals surface area contributed by atoms with E-state index in [1.54, 1.807) is 30.6 Å². The van der Waals surface area contributed by atoms with Crippen LogP contribution in [-0.2, 0) is 6.18 Å². The Bertz CT molecular complexity index is 1120. The van der Waals surface area contributed by atoms with E-state index >= 15 is 0 Å². The molecule has 8 heteroatoms. The predicted octanol–water partition coefficient (Wildman–Crippen LogP) is 5.35. The number of benzene rings is 2. The first-order valence-corrected chi connectivity index (χ1v) is 9.75. The Kier molecular flexibility index (Phi) is 4.30. The number of nitrogens with one attached hydrogen (secondary N) is 2. The van der Waals surface area contributed by atoms with Gasteiger partial charge in [-0.1, -0.05) is 12.1 Å². The number of anilines is 3. The molecule has 154 valence electrons. The highest BCUT2D eigenvalue weighted by atomic mass is 19.4. The minimum Gasteiger partial charge on any atom is -0.369 e. The number of piperidine rings is 1. The number of rotatable bonds is 3. The van der Waals surface area contributed by atoms with Crippen LogP contribution in [-0.4, -0.2) is 24.1 Å². The molecule has 5 nitrogen and oxygen atoms in total. The zero-order chi connectivity index (χ0) is 20.9. The number of pyridine rings is 1. The van der Waals surface area contributed by atoms with Crippen molar-refractivity contribution in [2.45, 2.75) is 12.6 Å². The number of carbonyl (C=O) groups excluding carboxylic acids is 1. The molecule has 30 heavy (non-hydrogen) atoms. The van der Waals surface area contributed by atoms with Crippen molar-refractivity contribution in [3.63, 3.8) is 0 Å². The Labute approximate surface area is 170 Å². The van der Waals surface area contributed by atoms with E-state index in [2.05, 4.69) is 20.5 Å². The number of fused-ring (bicyclic) bond motifs is 2. The molecule has 5 rings (SSSR count). The number of alkyl halides is 3. The lowest BCUT2D eigenvalue weighted by atomic mass is 10.1. The second-order valence-electron chi connectivity index (χ2n) is 7.87. The number of urea groups is 1. The molecule has 2 unspecified atom stereocenters. The van der Waals surface area contributed by atoms with Crippen LogP contribution in [0.25, 0.3) is 10.8 Å². The minimum absolute atomic E-state index is 0.158. The summed E-state index contributed by atoms with van der Waals surface area (Å²) >= 11 is 0. The molecule has 2 aliphatic rings. The van der Waals surface area contributed by atoms with Gasteiger partial charge in [0, 0.05) is 36.3 Å². The molecular formula is C22H19F3N4O. The summed E-state index contributed by atoms with van der Waals surface area (Å²) in [7, 11) is 0. The summed E-state index contributed by atoms with van der Waals surface area (Å²) in [5, 5.41) is 7.04. The smallest absolute Gasteiger partial charge is 0.369 e. The fourth-order valence-corrected chi connectivity index (χ4v) is 4.19. The molecule has 1 saturated carbocycles. The van der Waals surface area contributed by atoms with Gasteiger partial charge in [0.1, 0.15) is 0 Å². The lowest BCUT2D eigenvalue weighted by Crippen LogP contribution is -2.26. The summed E-state index contributed by atoms with van der Waals surface area (Å²) in [5.74, 6) is 1.22. The van der Waals surface area contributed by atoms with Crippen molar-refractivity contribution >= 4 is 33.9 Å². The average molecular weight is 412 g/mol. The molecule has 0 radical (unpaired) electrons. The van der Waals surface area contributed by atoms with Gasteiger partial charge >= 0.3 is 12.2 Å². The topological polar surface area (TPSA) is 57.3 Å². The van der Waals surface area contributed by atoms with E-state index < -0.39 is 17.8 Å². The Morgan fingerprint density at radius 3 is 2.57 bits per heavy atom. The maximum Gasteiger partial charge on any atom is 0.416 e. The number of nitrogens with zero attached hydrogens (tertiary/aromatic N) is 2. The van der Waals surface area contributed by atoms with Crippen molar-refractivity contribution in [1.82, 2.24) is 4.98 Å². The first-order chi connectivity index (χ1) is 14.4. The van der Waals surface area contributed by atoms with Crippen LogP contribution >= 0.6 is 0 Å². The van der Waals surface area contributed by atoms with Gasteiger partial charge in [-0.25, -0.2) is 4.79 Å². The molecular weight excluding hydrogens is 393 g/mol. The Hall–Kier alpha value is -3.29. The second-order valence-corrected chi connectivity index (χ2v) is 7.87. The first-order valence-electron chi connectivity index (χ1n) is 9.75. The van der Waals surface area contributed by atoms with E-state index in [1.807, 2.05) is 6.07 Å². The van der Waals surface area contributed by atoms with Crippen LogP contribution in [0.15, 0.2) is 54.9 Å². The number of halogens is 3. The number of carbonyl (C=O) groups is 1. The van der Waals surface area contributed by atoms with E-state index in [0.717, 1.165) is 36.0 Å². The van der Waals surface area contributed by atoms with Crippen LogP contribution in [0, 0.1) is 11.8 Å². The maximum atomic E-state index is 13.3. The summed E-state index contributed by atoms with van der Waals surface area (Å²) < 4.78 is 39.8. The van der Waals surface area contributed by atoms with Crippen LogP contribution < -0.4 is 15.5 Å². The van der Waals surface area contributed by atoms with Gasteiger partial charge in [0.2, 0.25) is 0 Å². The molecule has 0 spiro atoms. The largest absolute Gasteiger partial charge is 0.416 e. The van der Waals surface area contributed by atoms with Crippen LogP contribution in [0.2, 0.25) is 0 Å². The van der Waals surface area contributed by atoms with Gasteiger partial charge in [0.15, 0.2) is 0 Å². The van der Waals surface area contributed by atoms with Crippen molar-refractivity contribution in [1.29, 1.82) is 0 Å². The number of hydrogen-bond donors (Lipinski definition) is 2. The third-order valence-corrected chi connectivity index (χ3v) is 5.82. The van der Waals surface area contributed by atoms with Crippen molar-refractivity contribution in [2.75, 3.05) is 28.6 Å². The molecule has 0 bridgehead atoms. The van der Waals surface area contributed by atoms with E-state index in [1.165, 1.54) is 12.5 Å². The Balaban J connectivity index is 1.42. The lowest BCUT2D eigenvalue weighted by molar-refractivity contribution is -0.137. The average Bonchev–Trinajstić information content (AvgIpc) is 3.32. The quantitative estimate of drug-likeness (QED) is 0.609. The van der Waals surface area contributed by atoms with Crippen molar-refractivity contribution < 1.29 is 18.0 Å². The van der Waals surface area contributed by atoms with Gasteiger partial charge in [-0.05, 0) is 48.6 Å². The summed E-state index contributed by atoms with van der Waals surface area (Å²) in [5.41, 5.74) is 0.545. The van der Waals surface area contributed by atoms with Crippen LogP contribution in [0.1, 0.15) is 12.0 Å². The van der Waals surface area contributed by atoms with E-state index in [-0.39, 0.29) is 5.69 Å². The molecule has 2 aromatic carbocycles. The predicted molar refractivity (Wildman–Crippen MR) is 110 cm³/mol. The van der Waals surface area contributed by atoms with E-state index in [4.69, 9.17) is 0 Å². The third kappa shape index (κ3) is 3.53. The molecule has 2 atom stereocenters. The fourth-order valence-electron chi connectivity index (χ4n) is 4.19. The maximum absolute atomic E-state index is 13.3. The van der Waals surface area contributed by atoms with Crippen molar-refractivity contribution in [2.24, 2.45) is 11.8 Å². The second kappa shape index (κ2) is 6.90. The van der Waals surface area contributed by atoms with Gasteiger partial charge in [-0.2, -0.15) is 13.2 Å². The van der Waals surface area contributed by atoms with Crippen molar-refractivity contribution in [3.05, 3.63) is 60.4 Å². The standard InChI is InChI=1S/C22H19F3N4O/c23-22(24,25)16-4-5-20(29-11-14-8-15(14)12-29)19(9-16)28-21(30)27-18-3-1-2-13-10-26-7-6-17(13)18/h1-7,9-10,14-15H,8,11-12H2,(H2,27,28,30).